The topological polar surface area (TPSA) is 127 Å². The number of hydrazone groups is 1. The van der Waals surface area contributed by atoms with Gasteiger partial charge in [-0.2, -0.15) is 5.10 Å². The lowest BCUT2D eigenvalue weighted by Crippen LogP contribution is -2.53. The van der Waals surface area contributed by atoms with E-state index in [0.717, 1.165) is 32.4 Å². The van der Waals surface area contributed by atoms with E-state index in [1.165, 1.54) is 18.3 Å². The summed E-state index contributed by atoms with van der Waals surface area (Å²) in [5.41, 5.74) is 8.14. The summed E-state index contributed by atoms with van der Waals surface area (Å²) in [4.78, 5) is 23.5. The van der Waals surface area contributed by atoms with Gasteiger partial charge in [0.25, 0.3) is 5.91 Å². The van der Waals surface area contributed by atoms with Crippen LogP contribution in [0.1, 0.15) is 25.0 Å². The normalized spacial score (nSPS) is 17.8. The second-order valence-electron chi connectivity index (χ2n) is 4.71. The highest BCUT2D eigenvalue weighted by atomic mass is 16.6. The Hall–Kier alpha value is -2.26. The lowest BCUT2D eigenvalue weighted by molar-refractivity contribution is -0.402. The van der Waals surface area contributed by atoms with Crippen LogP contribution in [0.5, 0.6) is 0 Å². The fourth-order valence-corrected chi connectivity index (χ4v) is 2.10. The number of hydrogen-bond acceptors (Lipinski definition) is 7. The monoisotopic (exact) mass is 295 g/mol. The molecule has 1 aromatic heterocycles. The predicted molar refractivity (Wildman–Crippen MR) is 74.5 cm³/mol. The third-order valence-corrected chi connectivity index (χ3v) is 3.21. The number of hydrogen-bond donors (Lipinski definition) is 2. The molecule has 114 valence electrons. The van der Waals surface area contributed by atoms with E-state index in [2.05, 4.69) is 10.5 Å². The van der Waals surface area contributed by atoms with Gasteiger partial charge in [-0.25, -0.2) is 5.43 Å². The molecule has 9 nitrogen and oxygen atoms in total. The number of nitrogens with zero attached hydrogens (tertiary/aromatic N) is 3. The van der Waals surface area contributed by atoms with Gasteiger partial charge in [0.15, 0.2) is 5.76 Å². The maximum Gasteiger partial charge on any atom is 0.433 e. The first kappa shape index (κ1) is 15.1. The Kier molecular flexibility index (Phi) is 5.01. The summed E-state index contributed by atoms with van der Waals surface area (Å²) < 4.78 is 4.86. The van der Waals surface area contributed by atoms with Crippen molar-refractivity contribution in [1.82, 2.24) is 10.3 Å². The molecule has 0 saturated carbocycles. The number of piperidine rings is 1. The van der Waals surface area contributed by atoms with Crippen LogP contribution in [0.25, 0.3) is 0 Å². The van der Waals surface area contributed by atoms with E-state index in [4.69, 9.17) is 10.2 Å². The fraction of sp³-hybridized carbons (Fsp3) is 0.500. The Balaban J connectivity index is 1.84. The Morgan fingerprint density at radius 1 is 1.48 bits per heavy atom. The summed E-state index contributed by atoms with van der Waals surface area (Å²) >= 11 is 0. The van der Waals surface area contributed by atoms with Gasteiger partial charge in [0.05, 0.1) is 12.3 Å². The van der Waals surface area contributed by atoms with Gasteiger partial charge in [-0.15, -0.1) is 0 Å². The van der Waals surface area contributed by atoms with Crippen LogP contribution in [0.2, 0.25) is 0 Å². The van der Waals surface area contributed by atoms with Crippen molar-refractivity contribution in [3.05, 3.63) is 28.0 Å². The Labute approximate surface area is 120 Å². The molecule has 1 fully saturated rings. The maximum atomic E-state index is 11.8. The van der Waals surface area contributed by atoms with Crippen LogP contribution in [-0.2, 0) is 4.79 Å². The second-order valence-corrected chi connectivity index (χ2v) is 4.71. The molecule has 0 bridgehead atoms. The number of carbonyl (C=O) groups is 1. The van der Waals surface area contributed by atoms with Crippen molar-refractivity contribution in [2.24, 2.45) is 10.8 Å². The molecule has 1 unspecified atom stereocenters. The van der Waals surface area contributed by atoms with Gasteiger partial charge in [-0.1, -0.05) is 6.42 Å². The van der Waals surface area contributed by atoms with Gasteiger partial charge in [-0.05, 0) is 18.9 Å². The van der Waals surface area contributed by atoms with Crippen molar-refractivity contribution in [3.8, 4) is 0 Å². The smallest absolute Gasteiger partial charge is 0.400 e. The highest BCUT2D eigenvalue weighted by Gasteiger charge is 2.22. The van der Waals surface area contributed by atoms with Crippen molar-refractivity contribution < 1.29 is 14.1 Å². The number of nitrogens with two attached hydrogens (primary N) is 1. The number of nitro groups is 1. The van der Waals surface area contributed by atoms with E-state index in [9.17, 15) is 14.9 Å². The third-order valence-electron chi connectivity index (χ3n) is 3.21. The summed E-state index contributed by atoms with van der Waals surface area (Å²) in [6.07, 6.45) is 3.66. The van der Waals surface area contributed by atoms with Crippen LogP contribution in [0, 0.1) is 10.1 Å². The summed E-state index contributed by atoms with van der Waals surface area (Å²) in [6.45, 7) is 1.59. The molecule has 2 rings (SSSR count). The van der Waals surface area contributed by atoms with Gasteiger partial charge in [0.1, 0.15) is 11.1 Å². The zero-order valence-electron chi connectivity index (χ0n) is 11.4. The minimum absolute atomic E-state index is 0.175. The SMILES string of the molecule is NC(C(=O)N/N=C/c1ccc([N+](=O)[O-])o1)N1CCCCC1. The van der Waals surface area contributed by atoms with Gasteiger partial charge in [-0.3, -0.25) is 19.8 Å². The Morgan fingerprint density at radius 3 is 2.81 bits per heavy atom. The lowest BCUT2D eigenvalue weighted by atomic mass is 10.1. The van der Waals surface area contributed by atoms with Crippen LogP contribution in [-0.4, -0.2) is 41.2 Å². The average molecular weight is 295 g/mol. The lowest BCUT2D eigenvalue weighted by Gasteiger charge is -2.30. The van der Waals surface area contributed by atoms with E-state index in [0.29, 0.717) is 0 Å². The van der Waals surface area contributed by atoms with E-state index >= 15 is 0 Å². The van der Waals surface area contributed by atoms with Gasteiger partial charge >= 0.3 is 5.88 Å². The Morgan fingerprint density at radius 2 is 2.19 bits per heavy atom. The quantitative estimate of drug-likeness (QED) is 0.460. The average Bonchev–Trinajstić information content (AvgIpc) is 2.96. The fourth-order valence-electron chi connectivity index (χ4n) is 2.10. The van der Waals surface area contributed by atoms with Gasteiger partial charge < -0.3 is 10.2 Å². The first-order chi connectivity index (χ1) is 10.1. The molecule has 1 saturated heterocycles. The van der Waals surface area contributed by atoms with Crippen molar-refractivity contribution in [2.45, 2.75) is 25.4 Å². The summed E-state index contributed by atoms with van der Waals surface area (Å²) in [7, 11) is 0. The van der Waals surface area contributed by atoms with E-state index in [-0.39, 0.29) is 11.6 Å². The molecule has 2 heterocycles. The molecule has 1 atom stereocenters. The summed E-state index contributed by atoms with van der Waals surface area (Å²) in [5.74, 6) is -0.629. The molecular formula is C12H17N5O4. The number of rotatable bonds is 5. The molecule has 0 spiro atoms. The van der Waals surface area contributed by atoms with Crippen molar-refractivity contribution >= 4 is 18.0 Å². The van der Waals surface area contributed by atoms with E-state index in [1.807, 2.05) is 4.90 Å². The molecule has 3 N–H and O–H groups in total. The zero-order valence-corrected chi connectivity index (χ0v) is 11.4. The van der Waals surface area contributed by atoms with E-state index < -0.39 is 17.0 Å². The van der Waals surface area contributed by atoms with Gasteiger partial charge in [0.2, 0.25) is 0 Å². The van der Waals surface area contributed by atoms with E-state index in [1.54, 1.807) is 0 Å². The number of nitrogens with one attached hydrogen (secondary N) is 1. The molecular weight excluding hydrogens is 278 g/mol. The van der Waals surface area contributed by atoms with Crippen LogP contribution in [0.3, 0.4) is 0 Å². The second kappa shape index (κ2) is 6.95. The molecule has 1 amide bonds. The summed E-state index contributed by atoms with van der Waals surface area (Å²) in [6, 6.07) is 2.60. The standard InChI is InChI=1S/C12H17N5O4/c13-11(16-6-2-1-3-7-16)12(18)15-14-8-9-4-5-10(21-9)17(19)20/h4-5,8,11H,1-3,6-7,13H2,(H,15,18)/b14-8+. The van der Waals surface area contributed by atoms with Crippen LogP contribution >= 0.6 is 0 Å². The minimum atomic E-state index is -0.742. The molecule has 0 aliphatic carbocycles. The molecule has 1 aliphatic rings. The molecule has 21 heavy (non-hydrogen) atoms. The zero-order chi connectivity index (χ0) is 15.2. The molecule has 0 radical (unpaired) electrons. The maximum absolute atomic E-state index is 11.8. The van der Waals surface area contributed by atoms with Gasteiger partial charge in [0, 0.05) is 13.1 Å². The van der Waals surface area contributed by atoms with Crippen LogP contribution < -0.4 is 11.2 Å². The Bertz CT molecular complexity index is 536. The van der Waals surface area contributed by atoms with Crippen LogP contribution in [0.15, 0.2) is 21.7 Å². The molecule has 9 heteroatoms. The van der Waals surface area contributed by atoms with Crippen molar-refractivity contribution in [3.63, 3.8) is 0 Å². The van der Waals surface area contributed by atoms with Crippen LogP contribution in [0.4, 0.5) is 5.88 Å². The third kappa shape index (κ3) is 4.10. The number of likely N-dealkylation sites (tertiary alicyclic amines) is 1. The highest BCUT2D eigenvalue weighted by molar-refractivity contribution is 5.83. The number of amides is 1. The van der Waals surface area contributed by atoms with Crippen molar-refractivity contribution in [2.75, 3.05) is 13.1 Å². The minimum Gasteiger partial charge on any atom is -0.400 e. The molecule has 0 aromatic carbocycles. The number of carbonyl (C=O) groups excluding carboxylic acids is 1. The van der Waals surface area contributed by atoms with Crippen molar-refractivity contribution in [1.29, 1.82) is 0 Å². The highest BCUT2D eigenvalue weighted by Crippen LogP contribution is 2.13. The first-order valence-corrected chi connectivity index (χ1v) is 6.64. The predicted octanol–water partition coefficient (Wildman–Crippen LogP) is 0.409. The number of furan rings is 1. The first-order valence-electron chi connectivity index (χ1n) is 6.64. The molecule has 1 aromatic rings. The molecule has 1 aliphatic heterocycles. The summed E-state index contributed by atoms with van der Waals surface area (Å²) in [5, 5.41) is 14.1. The largest absolute Gasteiger partial charge is 0.433 e.